The maximum Gasteiger partial charge on any atom is 0.127 e. The van der Waals surface area contributed by atoms with E-state index in [4.69, 9.17) is 21.1 Å². The van der Waals surface area contributed by atoms with E-state index in [9.17, 15) is 0 Å². The summed E-state index contributed by atoms with van der Waals surface area (Å²) in [5.41, 5.74) is 3.05. The molecule has 4 rings (SSSR count). The van der Waals surface area contributed by atoms with Crippen LogP contribution in [0, 0.1) is 6.92 Å². The number of para-hydroxylation sites is 1. The summed E-state index contributed by atoms with van der Waals surface area (Å²) in [7, 11) is 0. The Balaban J connectivity index is 1.49. The van der Waals surface area contributed by atoms with Crippen LogP contribution >= 0.6 is 11.6 Å². The summed E-state index contributed by atoms with van der Waals surface area (Å²) in [6, 6.07) is 21.6. The highest BCUT2D eigenvalue weighted by Crippen LogP contribution is 2.26. The van der Waals surface area contributed by atoms with Gasteiger partial charge < -0.3 is 14.0 Å². The topological polar surface area (TPSA) is 36.3 Å². The van der Waals surface area contributed by atoms with Crippen LogP contribution in [0.25, 0.3) is 11.0 Å². The molecule has 0 radical (unpaired) electrons. The molecule has 28 heavy (non-hydrogen) atoms. The molecule has 1 aromatic heterocycles. The minimum absolute atomic E-state index is 0.652. The van der Waals surface area contributed by atoms with Crippen molar-refractivity contribution in [2.45, 2.75) is 20.4 Å². The molecule has 4 nitrogen and oxygen atoms in total. The van der Waals surface area contributed by atoms with Gasteiger partial charge in [0, 0.05) is 6.54 Å². The summed E-state index contributed by atoms with van der Waals surface area (Å²) < 4.78 is 13.5. The van der Waals surface area contributed by atoms with Crippen molar-refractivity contribution in [3.8, 4) is 17.2 Å². The third kappa shape index (κ3) is 3.82. The Kier molecular flexibility index (Phi) is 5.22. The summed E-state index contributed by atoms with van der Waals surface area (Å²) in [4.78, 5) is 4.60. The van der Waals surface area contributed by atoms with Crippen LogP contribution < -0.4 is 9.47 Å². The number of benzene rings is 3. The lowest BCUT2D eigenvalue weighted by Gasteiger charge is -2.10. The van der Waals surface area contributed by atoms with E-state index < -0.39 is 0 Å². The number of fused-ring (bicyclic) bond motifs is 1. The quantitative estimate of drug-likeness (QED) is 0.389. The van der Waals surface area contributed by atoms with Gasteiger partial charge in [-0.25, -0.2) is 4.98 Å². The van der Waals surface area contributed by atoms with Gasteiger partial charge in [0.2, 0.25) is 0 Å². The monoisotopic (exact) mass is 392 g/mol. The lowest BCUT2D eigenvalue weighted by atomic mass is 10.2. The van der Waals surface area contributed by atoms with Crippen LogP contribution in [0.5, 0.6) is 17.2 Å². The van der Waals surface area contributed by atoms with Gasteiger partial charge in [-0.15, -0.1) is 0 Å². The molecular formula is C23H21ClN2O2. The van der Waals surface area contributed by atoms with Crippen LogP contribution in [-0.4, -0.2) is 16.2 Å². The zero-order chi connectivity index (χ0) is 19.5. The van der Waals surface area contributed by atoms with E-state index in [-0.39, 0.29) is 0 Å². The summed E-state index contributed by atoms with van der Waals surface area (Å²) in [5, 5.41) is 0.679. The van der Waals surface area contributed by atoms with E-state index in [1.807, 2.05) is 68.4 Å². The van der Waals surface area contributed by atoms with Crippen molar-refractivity contribution in [3.05, 3.63) is 83.1 Å². The number of ether oxygens (including phenoxy) is 2. The largest absolute Gasteiger partial charge is 0.494 e. The van der Waals surface area contributed by atoms with E-state index in [2.05, 4.69) is 21.7 Å². The smallest absolute Gasteiger partial charge is 0.127 e. The van der Waals surface area contributed by atoms with E-state index in [1.165, 1.54) is 5.56 Å². The summed E-state index contributed by atoms with van der Waals surface area (Å²) in [6.07, 6.45) is 0. The second kappa shape index (κ2) is 7.95. The highest BCUT2D eigenvalue weighted by Gasteiger charge is 2.10. The molecule has 0 bridgehead atoms. The van der Waals surface area contributed by atoms with Crippen molar-refractivity contribution in [1.29, 1.82) is 0 Å². The lowest BCUT2D eigenvalue weighted by Crippen LogP contribution is -2.01. The molecule has 142 valence electrons. The second-order valence-corrected chi connectivity index (χ2v) is 6.91. The number of nitrogens with zero attached hydrogens (tertiary/aromatic N) is 2. The Morgan fingerprint density at radius 2 is 1.54 bits per heavy atom. The average molecular weight is 393 g/mol. The molecule has 0 aliphatic carbocycles. The van der Waals surface area contributed by atoms with Crippen LogP contribution in [0.3, 0.4) is 0 Å². The maximum absolute atomic E-state index is 6.27. The molecule has 4 aromatic rings. The zero-order valence-electron chi connectivity index (χ0n) is 15.9. The van der Waals surface area contributed by atoms with Crippen LogP contribution in [0.2, 0.25) is 5.02 Å². The van der Waals surface area contributed by atoms with Gasteiger partial charge in [0.1, 0.15) is 28.6 Å². The molecule has 3 aromatic carbocycles. The highest BCUT2D eigenvalue weighted by atomic mass is 35.5. The number of imidazole rings is 1. The molecule has 0 N–H and O–H groups in total. The van der Waals surface area contributed by atoms with Crippen molar-refractivity contribution in [2.24, 2.45) is 0 Å². The number of hydrogen-bond acceptors (Lipinski definition) is 3. The van der Waals surface area contributed by atoms with Gasteiger partial charge in [-0.2, -0.15) is 0 Å². The number of hydrogen-bond donors (Lipinski definition) is 0. The normalized spacial score (nSPS) is 11.0. The van der Waals surface area contributed by atoms with Gasteiger partial charge in [-0.1, -0.05) is 29.8 Å². The van der Waals surface area contributed by atoms with Gasteiger partial charge >= 0.3 is 0 Å². The lowest BCUT2D eigenvalue weighted by molar-refractivity contribution is 0.339. The summed E-state index contributed by atoms with van der Waals surface area (Å²) in [6.45, 7) is 5.35. The molecule has 0 saturated carbocycles. The van der Waals surface area contributed by atoms with Crippen LogP contribution in [-0.2, 0) is 6.54 Å². The van der Waals surface area contributed by atoms with Gasteiger partial charge in [0.15, 0.2) is 0 Å². The number of aryl methyl sites for hydroxylation is 1. The first-order valence-electron chi connectivity index (χ1n) is 9.25. The Morgan fingerprint density at radius 1 is 0.893 bits per heavy atom. The standard InChI is InChI=1S/C23H21ClN2O2/c1-3-27-18-11-13-20(14-12-18)28-19-9-7-17(8-10-19)15-26-16(2)25-23-21(24)5-4-6-22(23)26/h4-14H,3,15H2,1-2H3. The second-order valence-electron chi connectivity index (χ2n) is 6.50. The third-order valence-corrected chi connectivity index (χ3v) is 4.86. The molecule has 5 heteroatoms. The van der Waals surface area contributed by atoms with Crippen molar-refractivity contribution in [2.75, 3.05) is 6.61 Å². The van der Waals surface area contributed by atoms with Gasteiger partial charge in [0.05, 0.1) is 17.1 Å². The zero-order valence-corrected chi connectivity index (χ0v) is 16.6. The molecule has 0 aliphatic heterocycles. The molecule has 0 amide bonds. The first kappa shape index (κ1) is 18.4. The van der Waals surface area contributed by atoms with Crippen molar-refractivity contribution in [1.82, 2.24) is 9.55 Å². The number of aromatic nitrogens is 2. The Hall–Kier alpha value is -2.98. The van der Waals surface area contributed by atoms with Crippen molar-refractivity contribution >= 4 is 22.6 Å². The molecule has 0 spiro atoms. The third-order valence-electron chi connectivity index (χ3n) is 4.55. The van der Waals surface area contributed by atoms with Gasteiger partial charge in [-0.3, -0.25) is 0 Å². The van der Waals surface area contributed by atoms with Crippen LogP contribution in [0.15, 0.2) is 66.7 Å². The molecule has 0 aliphatic rings. The molecule has 0 unspecified atom stereocenters. The fraction of sp³-hybridized carbons (Fsp3) is 0.174. The Labute approximate surface area is 169 Å². The molecule has 0 atom stereocenters. The molecule has 1 heterocycles. The van der Waals surface area contributed by atoms with E-state index in [1.54, 1.807) is 0 Å². The first-order chi connectivity index (χ1) is 13.6. The fourth-order valence-electron chi connectivity index (χ4n) is 3.18. The van der Waals surface area contributed by atoms with Gasteiger partial charge in [-0.05, 0) is 67.9 Å². The van der Waals surface area contributed by atoms with Crippen molar-refractivity contribution in [3.63, 3.8) is 0 Å². The predicted octanol–water partition coefficient (Wildman–Crippen LogP) is 6.24. The molecule has 0 fully saturated rings. The summed E-state index contributed by atoms with van der Waals surface area (Å²) in [5.74, 6) is 3.36. The molecular weight excluding hydrogens is 372 g/mol. The number of rotatable bonds is 6. The average Bonchev–Trinajstić information content (AvgIpc) is 3.02. The first-order valence-corrected chi connectivity index (χ1v) is 9.63. The van der Waals surface area contributed by atoms with E-state index >= 15 is 0 Å². The highest BCUT2D eigenvalue weighted by molar-refractivity contribution is 6.34. The van der Waals surface area contributed by atoms with Gasteiger partial charge in [0.25, 0.3) is 0 Å². The summed E-state index contributed by atoms with van der Waals surface area (Å²) >= 11 is 6.27. The van der Waals surface area contributed by atoms with E-state index in [0.717, 1.165) is 40.7 Å². The fourth-order valence-corrected chi connectivity index (χ4v) is 3.39. The Bertz CT molecular complexity index is 1090. The van der Waals surface area contributed by atoms with Crippen LogP contribution in [0.1, 0.15) is 18.3 Å². The minimum Gasteiger partial charge on any atom is -0.494 e. The SMILES string of the molecule is CCOc1ccc(Oc2ccc(Cn3c(C)nc4c(Cl)cccc43)cc2)cc1. The predicted molar refractivity (Wildman–Crippen MR) is 113 cm³/mol. The number of halogens is 1. The molecule has 0 saturated heterocycles. The van der Waals surface area contributed by atoms with Crippen molar-refractivity contribution < 1.29 is 9.47 Å². The maximum atomic E-state index is 6.27. The van der Waals surface area contributed by atoms with E-state index in [0.29, 0.717) is 11.6 Å². The minimum atomic E-state index is 0.652. The van der Waals surface area contributed by atoms with Crippen LogP contribution in [0.4, 0.5) is 0 Å². The Morgan fingerprint density at radius 3 is 2.21 bits per heavy atom.